The summed E-state index contributed by atoms with van der Waals surface area (Å²) in [6.07, 6.45) is 1.90. The number of thioether (sulfide) groups is 1. The van der Waals surface area contributed by atoms with Crippen LogP contribution >= 0.6 is 11.8 Å². The van der Waals surface area contributed by atoms with Gasteiger partial charge < -0.3 is 0 Å². The number of aryl methyl sites for hydroxylation is 1. The van der Waals surface area contributed by atoms with Crippen molar-refractivity contribution in [3.63, 3.8) is 0 Å². The van der Waals surface area contributed by atoms with Gasteiger partial charge in [0.05, 0.1) is 5.69 Å². The second-order valence-electron chi connectivity index (χ2n) is 5.87. The van der Waals surface area contributed by atoms with Gasteiger partial charge in [-0.3, -0.25) is 4.98 Å². The summed E-state index contributed by atoms with van der Waals surface area (Å²) in [5.74, 6) is 0.992. The topological polar surface area (TPSA) is 12.9 Å². The Morgan fingerprint density at radius 1 is 1.19 bits per heavy atom. The molecule has 1 aromatic rings. The zero-order chi connectivity index (χ0) is 12.4. The molecule has 0 radical (unpaired) electrons. The first-order valence-corrected chi connectivity index (χ1v) is 6.76. The van der Waals surface area contributed by atoms with E-state index in [0.717, 1.165) is 5.75 Å². The van der Waals surface area contributed by atoms with Crippen LogP contribution in [0.1, 0.15) is 45.9 Å². The fourth-order valence-corrected chi connectivity index (χ4v) is 2.25. The summed E-state index contributed by atoms with van der Waals surface area (Å²) in [7, 11) is 0. The van der Waals surface area contributed by atoms with E-state index in [9.17, 15) is 0 Å². The second kappa shape index (κ2) is 4.79. The van der Waals surface area contributed by atoms with Gasteiger partial charge >= 0.3 is 0 Å². The molecule has 0 aliphatic carbocycles. The first kappa shape index (κ1) is 13.6. The van der Waals surface area contributed by atoms with E-state index < -0.39 is 0 Å². The minimum absolute atomic E-state index is 0.262. The van der Waals surface area contributed by atoms with Gasteiger partial charge in [-0.2, -0.15) is 0 Å². The Bertz CT molecular complexity index is 350. The predicted molar refractivity (Wildman–Crippen MR) is 73.8 cm³/mol. The van der Waals surface area contributed by atoms with E-state index in [2.05, 4.69) is 52.6 Å². The van der Waals surface area contributed by atoms with Crippen molar-refractivity contribution in [3.8, 4) is 0 Å². The predicted octanol–water partition coefficient (Wildman–Crippen LogP) is 4.45. The maximum Gasteiger partial charge on any atom is 0.0505 e. The lowest BCUT2D eigenvalue weighted by Gasteiger charge is -2.38. The van der Waals surface area contributed by atoms with Crippen molar-refractivity contribution in [1.29, 1.82) is 0 Å². The Labute approximate surface area is 104 Å². The molecule has 0 aliphatic rings. The van der Waals surface area contributed by atoms with Crippen LogP contribution in [0.2, 0.25) is 0 Å². The van der Waals surface area contributed by atoms with Crippen LogP contribution in [0, 0.1) is 12.3 Å². The van der Waals surface area contributed by atoms with Crippen molar-refractivity contribution in [2.45, 2.75) is 52.0 Å². The molecule has 16 heavy (non-hydrogen) atoms. The van der Waals surface area contributed by atoms with Gasteiger partial charge in [0, 0.05) is 16.7 Å². The van der Waals surface area contributed by atoms with Crippen LogP contribution in [0.4, 0.5) is 0 Å². The monoisotopic (exact) mass is 237 g/mol. The van der Waals surface area contributed by atoms with Crippen molar-refractivity contribution in [3.05, 3.63) is 29.6 Å². The van der Waals surface area contributed by atoms with Crippen LogP contribution in [0.3, 0.4) is 0 Å². The van der Waals surface area contributed by atoms with Crippen LogP contribution in [0.15, 0.2) is 18.3 Å². The van der Waals surface area contributed by atoms with Crippen molar-refractivity contribution < 1.29 is 0 Å². The van der Waals surface area contributed by atoms with Gasteiger partial charge in [-0.05, 0) is 30.0 Å². The Kier molecular flexibility index (Phi) is 4.06. The van der Waals surface area contributed by atoms with E-state index >= 15 is 0 Å². The third-order valence-corrected chi connectivity index (χ3v) is 5.13. The molecule has 0 amide bonds. The zero-order valence-electron chi connectivity index (χ0n) is 11.3. The normalized spacial score (nSPS) is 12.9. The van der Waals surface area contributed by atoms with Crippen LogP contribution in [-0.4, -0.2) is 9.73 Å². The summed E-state index contributed by atoms with van der Waals surface area (Å²) in [5.41, 5.74) is 2.78. The van der Waals surface area contributed by atoms with E-state index in [-0.39, 0.29) is 4.75 Å². The summed E-state index contributed by atoms with van der Waals surface area (Å²) >= 11 is 1.98. The first-order valence-electron chi connectivity index (χ1n) is 5.78. The molecule has 90 valence electrons. The lowest BCUT2D eigenvalue weighted by atomic mass is 9.83. The molecule has 1 aromatic heterocycles. The molecule has 0 saturated carbocycles. The molecule has 0 atom stereocenters. The molecule has 1 nitrogen and oxygen atoms in total. The fraction of sp³-hybridized carbons (Fsp3) is 0.643. The Balaban J connectivity index is 2.65. The van der Waals surface area contributed by atoms with Gasteiger partial charge in [0.2, 0.25) is 0 Å². The Morgan fingerprint density at radius 2 is 1.81 bits per heavy atom. The van der Waals surface area contributed by atoms with Gasteiger partial charge in [-0.25, -0.2) is 0 Å². The van der Waals surface area contributed by atoms with E-state index in [1.54, 1.807) is 0 Å². The molecule has 0 aliphatic heterocycles. The average Bonchev–Trinajstić information content (AvgIpc) is 2.13. The molecule has 2 heteroatoms. The van der Waals surface area contributed by atoms with Crippen molar-refractivity contribution in [1.82, 2.24) is 4.98 Å². The van der Waals surface area contributed by atoms with Crippen LogP contribution < -0.4 is 0 Å². The smallest absolute Gasteiger partial charge is 0.0505 e. The molecule has 0 spiro atoms. The van der Waals surface area contributed by atoms with Gasteiger partial charge in [0.15, 0.2) is 0 Å². The fourth-order valence-electron chi connectivity index (χ4n) is 1.15. The number of pyridine rings is 1. The number of hydrogen-bond acceptors (Lipinski definition) is 2. The molecular weight excluding hydrogens is 214 g/mol. The summed E-state index contributed by atoms with van der Waals surface area (Å²) in [6, 6.07) is 4.22. The molecule has 0 saturated heterocycles. The van der Waals surface area contributed by atoms with Crippen LogP contribution in [-0.2, 0) is 5.75 Å². The number of nitrogens with zero attached hydrogens (tertiary/aromatic N) is 1. The summed E-state index contributed by atoms with van der Waals surface area (Å²) < 4.78 is 0.262. The van der Waals surface area contributed by atoms with Crippen molar-refractivity contribution in [2.75, 3.05) is 0 Å². The van der Waals surface area contributed by atoms with Gasteiger partial charge in [0.25, 0.3) is 0 Å². The highest BCUT2D eigenvalue weighted by atomic mass is 32.2. The van der Waals surface area contributed by atoms with E-state index in [1.807, 2.05) is 24.0 Å². The van der Waals surface area contributed by atoms with Crippen LogP contribution in [0.25, 0.3) is 0 Å². The van der Waals surface area contributed by atoms with Gasteiger partial charge in [-0.15, -0.1) is 11.8 Å². The van der Waals surface area contributed by atoms with E-state index in [4.69, 9.17) is 0 Å². The summed E-state index contributed by atoms with van der Waals surface area (Å²) in [6.45, 7) is 13.6. The highest BCUT2D eigenvalue weighted by Crippen LogP contribution is 2.42. The first-order chi connectivity index (χ1) is 7.22. The molecular formula is C14H23NS. The largest absolute Gasteiger partial charge is 0.260 e. The SMILES string of the molecule is Cc1ccnc(CSC(C)(C)C(C)(C)C)c1. The van der Waals surface area contributed by atoms with Gasteiger partial charge in [0.1, 0.15) is 0 Å². The average molecular weight is 237 g/mol. The molecule has 0 bridgehead atoms. The molecule has 0 fully saturated rings. The molecule has 0 unspecified atom stereocenters. The van der Waals surface area contributed by atoms with Gasteiger partial charge in [-0.1, -0.05) is 34.6 Å². The van der Waals surface area contributed by atoms with Crippen LogP contribution in [0.5, 0.6) is 0 Å². The molecule has 1 heterocycles. The maximum absolute atomic E-state index is 4.40. The lowest BCUT2D eigenvalue weighted by Crippen LogP contribution is -2.33. The minimum atomic E-state index is 0.262. The minimum Gasteiger partial charge on any atom is -0.260 e. The highest BCUT2D eigenvalue weighted by Gasteiger charge is 2.33. The Hall–Kier alpha value is -0.500. The van der Waals surface area contributed by atoms with E-state index in [0.29, 0.717) is 5.41 Å². The van der Waals surface area contributed by atoms with E-state index in [1.165, 1.54) is 11.3 Å². The third kappa shape index (κ3) is 3.51. The molecule has 0 aromatic carbocycles. The lowest BCUT2D eigenvalue weighted by molar-refractivity contribution is 0.320. The maximum atomic E-state index is 4.40. The molecule has 1 rings (SSSR count). The molecule has 0 N–H and O–H groups in total. The van der Waals surface area contributed by atoms with Crippen molar-refractivity contribution >= 4 is 11.8 Å². The quantitative estimate of drug-likeness (QED) is 0.770. The second-order valence-corrected chi connectivity index (χ2v) is 7.47. The number of hydrogen-bond donors (Lipinski definition) is 0. The number of rotatable bonds is 3. The zero-order valence-corrected chi connectivity index (χ0v) is 12.1. The van der Waals surface area contributed by atoms with Crippen molar-refractivity contribution in [2.24, 2.45) is 5.41 Å². The summed E-state index contributed by atoms with van der Waals surface area (Å²) in [5, 5.41) is 0. The number of aromatic nitrogens is 1. The summed E-state index contributed by atoms with van der Waals surface area (Å²) in [4.78, 5) is 4.40. The standard InChI is InChI=1S/C14H23NS/c1-11-7-8-15-12(9-11)10-16-14(5,6)13(2,3)4/h7-9H,10H2,1-6H3. The highest BCUT2D eigenvalue weighted by molar-refractivity contribution is 7.99. The third-order valence-electron chi connectivity index (χ3n) is 3.36. The Morgan fingerprint density at radius 3 is 2.31 bits per heavy atom.